The second kappa shape index (κ2) is 5.11. The first-order valence-corrected chi connectivity index (χ1v) is 7.62. The molecule has 0 spiro atoms. The highest BCUT2D eigenvalue weighted by molar-refractivity contribution is 9.10. The lowest BCUT2D eigenvalue weighted by atomic mass is 10.3. The van der Waals surface area contributed by atoms with Gasteiger partial charge in [0.05, 0.1) is 6.20 Å². The van der Waals surface area contributed by atoms with Crippen LogP contribution in [0, 0.1) is 0 Å². The minimum atomic E-state index is -3.61. The lowest BCUT2D eigenvalue weighted by molar-refractivity contribution is 0.600. The van der Waals surface area contributed by atoms with Crippen molar-refractivity contribution in [2.24, 2.45) is 0 Å². The standard InChI is InChI=1S/C11H12BrN3O2S/c1-2-8-7-13-14-11(8)15-18(16,17)10-6-4-3-5-9(10)12/h3-7H,2H2,1H3,(H2,13,14,15). The molecule has 0 unspecified atom stereocenters. The summed E-state index contributed by atoms with van der Waals surface area (Å²) in [5, 5.41) is 6.48. The van der Waals surface area contributed by atoms with E-state index >= 15 is 0 Å². The van der Waals surface area contributed by atoms with E-state index < -0.39 is 10.0 Å². The van der Waals surface area contributed by atoms with E-state index in [1.165, 1.54) is 6.07 Å². The summed E-state index contributed by atoms with van der Waals surface area (Å²) in [6.45, 7) is 1.93. The van der Waals surface area contributed by atoms with Crippen LogP contribution in [0.25, 0.3) is 0 Å². The molecule has 96 valence electrons. The van der Waals surface area contributed by atoms with Gasteiger partial charge in [-0.2, -0.15) is 5.10 Å². The molecular weight excluding hydrogens is 318 g/mol. The number of anilines is 1. The summed E-state index contributed by atoms with van der Waals surface area (Å²) in [7, 11) is -3.61. The molecule has 2 rings (SSSR count). The molecule has 0 fully saturated rings. The van der Waals surface area contributed by atoms with Crippen molar-refractivity contribution in [3.63, 3.8) is 0 Å². The number of nitrogens with zero attached hydrogens (tertiary/aromatic N) is 1. The molecule has 1 aromatic carbocycles. The molecule has 0 saturated heterocycles. The summed E-state index contributed by atoms with van der Waals surface area (Å²) in [6.07, 6.45) is 2.31. The van der Waals surface area contributed by atoms with E-state index in [-0.39, 0.29) is 4.90 Å². The van der Waals surface area contributed by atoms with E-state index in [4.69, 9.17) is 0 Å². The number of H-pyrrole nitrogens is 1. The first kappa shape index (κ1) is 13.1. The van der Waals surface area contributed by atoms with Crippen molar-refractivity contribution in [1.29, 1.82) is 0 Å². The number of aryl methyl sites for hydroxylation is 1. The van der Waals surface area contributed by atoms with Crippen LogP contribution in [0.5, 0.6) is 0 Å². The number of nitrogens with one attached hydrogen (secondary N) is 2. The third-order valence-corrected chi connectivity index (χ3v) is 4.82. The minimum Gasteiger partial charge on any atom is -0.263 e. The maximum absolute atomic E-state index is 12.2. The zero-order valence-electron chi connectivity index (χ0n) is 9.64. The monoisotopic (exact) mass is 329 g/mol. The van der Waals surface area contributed by atoms with E-state index in [1.807, 2.05) is 6.92 Å². The molecule has 18 heavy (non-hydrogen) atoms. The van der Waals surface area contributed by atoms with Gasteiger partial charge >= 0.3 is 0 Å². The van der Waals surface area contributed by atoms with Crippen LogP contribution < -0.4 is 4.72 Å². The fourth-order valence-electron chi connectivity index (χ4n) is 1.52. The van der Waals surface area contributed by atoms with E-state index in [0.29, 0.717) is 16.7 Å². The maximum Gasteiger partial charge on any atom is 0.264 e. The van der Waals surface area contributed by atoms with Gasteiger partial charge in [0.1, 0.15) is 10.7 Å². The number of halogens is 1. The van der Waals surface area contributed by atoms with Crippen molar-refractivity contribution in [3.05, 3.63) is 40.5 Å². The Morgan fingerprint density at radius 2 is 2.11 bits per heavy atom. The average molecular weight is 330 g/mol. The van der Waals surface area contributed by atoms with Crippen LogP contribution in [0.2, 0.25) is 0 Å². The number of rotatable bonds is 4. The van der Waals surface area contributed by atoms with Gasteiger partial charge in [-0.05, 0) is 34.5 Å². The van der Waals surface area contributed by atoms with E-state index in [9.17, 15) is 8.42 Å². The summed E-state index contributed by atoms with van der Waals surface area (Å²) in [5.41, 5.74) is 0.825. The normalized spacial score (nSPS) is 11.4. The van der Waals surface area contributed by atoms with Crippen molar-refractivity contribution in [2.75, 3.05) is 4.72 Å². The molecule has 0 aliphatic heterocycles. The van der Waals surface area contributed by atoms with E-state index in [2.05, 4.69) is 30.8 Å². The van der Waals surface area contributed by atoms with Gasteiger partial charge in [0.2, 0.25) is 0 Å². The van der Waals surface area contributed by atoms with Gasteiger partial charge in [0.25, 0.3) is 10.0 Å². The van der Waals surface area contributed by atoms with Gasteiger partial charge in [-0.1, -0.05) is 19.1 Å². The Bertz CT molecular complexity index is 652. The SMILES string of the molecule is CCc1cn[nH]c1NS(=O)(=O)c1ccccc1Br. The number of hydrogen-bond acceptors (Lipinski definition) is 3. The Balaban J connectivity index is 2.37. The summed E-state index contributed by atoms with van der Waals surface area (Å²) in [6, 6.07) is 6.65. The van der Waals surface area contributed by atoms with Crippen LogP contribution >= 0.6 is 15.9 Å². The highest BCUT2D eigenvalue weighted by Gasteiger charge is 2.19. The Kier molecular flexibility index (Phi) is 3.72. The summed E-state index contributed by atoms with van der Waals surface area (Å²) in [5.74, 6) is 0.410. The first-order chi connectivity index (χ1) is 8.54. The minimum absolute atomic E-state index is 0.196. The van der Waals surface area contributed by atoms with Crippen molar-refractivity contribution in [2.45, 2.75) is 18.2 Å². The Labute approximate surface area is 114 Å². The molecule has 0 saturated carbocycles. The Hall–Kier alpha value is -1.34. The van der Waals surface area contributed by atoms with Crippen molar-refractivity contribution in [3.8, 4) is 0 Å². The zero-order chi connectivity index (χ0) is 13.2. The van der Waals surface area contributed by atoms with Crippen molar-refractivity contribution >= 4 is 31.8 Å². The van der Waals surface area contributed by atoms with Gasteiger partial charge in [-0.25, -0.2) is 8.42 Å². The molecule has 1 aromatic heterocycles. The highest BCUT2D eigenvalue weighted by Crippen LogP contribution is 2.24. The second-order valence-corrected chi connectivity index (χ2v) is 6.16. The fourth-order valence-corrected chi connectivity index (χ4v) is 3.58. The number of aromatic amines is 1. The molecule has 5 nitrogen and oxygen atoms in total. The number of hydrogen-bond donors (Lipinski definition) is 2. The number of sulfonamides is 1. The highest BCUT2D eigenvalue weighted by atomic mass is 79.9. The van der Waals surface area contributed by atoms with E-state index in [0.717, 1.165) is 5.56 Å². The van der Waals surface area contributed by atoms with Gasteiger partial charge in [0, 0.05) is 10.0 Å². The molecule has 7 heteroatoms. The summed E-state index contributed by atoms with van der Waals surface area (Å²) >= 11 is 3.23. The predicted molar refractivity (Wildman–Crippen MR) is 72.9 cm³/mol. The average Bonchev–Trinajstić information content (AvgIpc) is 2.76. The molecule has 0 bridgehead atoms. The maximum atomic E-state index is 12.2. The Morgan fingerprint density at radius 1 is 1.39 bits per heavy atom. The Morgan fingerprint density at radius 3 is 2.78 bits per heavy atom. The lowest BCUT2D eigenvalue weighted by Crippen LogP contribution is -2.14. The quantitative estimate of drug-likeness (QED) is 0.905. The predicted octanol–water partition coefficient (Wildman–Crippen LogP) is 2.54. The van der Waals surface area contributed by atoms with Crippen LogP contribution in [-0.2, 0) is 16.4 Å². The van der Waals surface area contributed by atoms with Crippen LogP contribution in [0.15, 0.2) is 39.8 Å². The fraction of sp³-hybridized carbons (Fsp3) is 0.182. The van der Waals surface area contributed by atoms with Crippen LogP contribution in [0.1, 0.15) is 12.5 Å². The van der Waals surface area contributed by atoms with Crippen molar-refractivity contribution < 1.29 is 8.42 Å². The summed E-state index contributed by atoms with van der Waals surface area (Å²) in [4.78, 5) is 0.196. The lowest BCUT2D eigenvalue weighted by Gasteiger charge is -2.08. The first-order valence-electron chi connectivity index (χ1n) is 5.34. The molecule has 2 aromatic rings. The number of aromatic nitrogens is 2. The molecule has 0 aliphatic carbocycles. The third-order valence-electron chi connectivity index (χ3n) is 2.46. The van der Waals surface area contributed by atoms with Crippen LogP contribution in [0.3, 0.4) is 0 Å². The molecule has 0 aliphatic rings. The number of benzene rings is 1. The van der Waals surface area contributed by atoms with Crippen LogP contribution in [0.4, 0.5) is 5.82 Å². The second-order valence-electron chi connectivity index (χ2n) is 3.66. The molecule has 0 amide bonds. The van der Waals surface area contributed by atoms with Crippen LogP contribution in [-0.4, -0.2) is 18.6 Å². The molecule has 0 radical (unpaired) electrons. The smallest absolute Gasteiger partial charge is 0.263 e. The van der Waals surface area contributed by atoms with E-state index in [1.54, 1.807) is 24.4 Å². The topological polar surface area (TPSA) is 74.8 Å². The molecular formula is C11H12BrN3O2S. The van der Waals surface area contributed by atoms with Crippen molar-refractivity contribution in [1.82, 2.24) is 10.2 Å². The molecule has 2 N–H and O–H groups in total. The van der Waals surface area contributed by atoms with Gasteiger partial charge in [-0.3, -0.25) is 9.82 Å². The van der Waals surface area contributed by atoms with Gasteiger partial charge < -0.3 is 0 Å². The largest absolute Gasteiger partial charge is 0.264 e. The summed E-state index contributed by atoms with van der Waals surface area (Å²) < 4.78 is 27.4. The molecule has 0 atom stereocenters. The zero-order valence-corrected chi connectivity index (χ0v) is 12.0. The molecule has 1 heterocycles. The van der Waals surface area contributed by atoms with Gasteiger partial charge in [-0.15, -0.1) is 0 Å². The van der Waals surface area contributed by atoms with Gasteiger partial charge in [0.15, 0.2) is 0 Å². The third kappa shape index (κ3) is 2.56.